The van der Waals surface area contributed by atoms with Crippen LogP contribution in [0.1, 0.15) is 25.7 Å². The molecule has 0 radical (unpaired) electrons. The Morgan fingerprint density at radius 1 is 1.03 bits per heavy atom. The number of nitro groups is 1. The van der Waals surface area contributed by atoms with E-state index in [0.717, 1.165) is 54.5 Å². The van der Waals surface area contributed by atoms with Crippen LogP contribution in [-0.4, -0.2) is 49.3 Å². The van der Waals surface area contributed by atoms with Crippen LogP contribution >= 0.6 is 11.8 Å². The highest BCUT2D eigenvalue weighted by Gasteiger charge is 2.19. The minimum atomic E-state index is -0.420. The van der Waals surface area contributed by atoms with Crippen molar-refractivity contribution >= 4 is 23.4 Å². The van der Waals surface area contributed by atoms with Gasteiger partial charge in [-0.25, -0.2) is 0 Å². The van der Waals surface area contributed by atoms with Crippen LogP contribution in [0.4, 0.5) is 5.69 Å². The Morgan fingerprint density at radius 3 is 2.42 bits per heavy atom. The number of non-ortho nitro benzene ring substituents is 1. The number of nitro benzene ring substituents is 1. The third kappa shape index (κ3) is 4.93. The predicted octanol–water partition coefficient (Wildman–Crippen LogP) is 4.34. The number of amides is 1. The van der Waals surface area contributed by atoms with Crippen molar-refractivity contribution in [1.29, 1.82) is 0 Å². The van der Waals surface area contributed by atoms with Crippen LogP contribution in [0.3, 0.4) is 0 Å². The van der Waals surface area contributed by atoms with Crippen molar-refractivity contribution in [3.8, 4) is 17.1 Å². The van der Waals surface area contributed by atoms with Crippen molar-refractivity contribution in [1.82, 2.24) is 19.7 Å². The fourth-order valence-electron chi connectivity index (χ4n) is 3.60. The van der Waals surface area contributed by atoms with E-state index in [9.17, 15) is 14.9 Å². The molecule has 1 fully saturated rings. The summed E-state index contributed by atoms with van der Waals surface area (Å²) in [6, 6.07) is 16.1. The van der Waals surface area contributed by atoms with Gasteiger partial charge in [0.2, 0.25) is 5.91 Å². The summed E-state index contributed by atoms with van der Waals surface area (Å²) in [4.78, 5) is 24.7. The third-order valence-electron chi connectivity index (χ3n) is 5.21. The second-order valence-electron chi connectivity index (χ2n) is 7.32. The van der Waals surface area contributed by atoms with Gasteiger partial charge in [0.15, 0.2) is 11.0 Å². The Labute approximate surface area is 184 Å². The first-order valence-electron chi connectivity index (χ1n) is 10.3. The molecule has 0 unspecified atom stereocenters. The van der Waals surface area contributed by atoms with Gasteiger partial charge in [-0.05, 0) is 43.5 Å². The van der Waals surface area contributed by atoms with Gasteiger partial charge < -0.3 is 4.90 Å². The summed E-state index contributed by atoms with van der Waals surface area (Å²) in [5, 5.41) is 20.4. The molecule has 1 aromatic heterocycles. The number of para-hydroxylation sites is 1. The van der Waals surface area contributed by atoms with E-state index in [4.69, 9.17) is 0 Å². The summed E-state index contributed by atoms with van der Waals surface area (Å²) < 4.78 is 1.95. The van der Waals surface area contributed by atoms with Gasteiger partial charge in [0.25, 0.3) is 5.69 Å². The fourth-order valence-corrected chi connectivity index (χ4v) is 4.49. The average Bonchev–Trinajstić information content (AvgIpc) is 3.48. The lowest BCUT2D eigenvalue weighted by Crippen LogP contribution is -2.27. The zero-order valence-electron chi connectivity index (χ0n) is 17.0. The lowest BCUT2D eigenvalue weighted by Gasteiger charge is -2.14. The molecule has 2 heterocycles. The average molecular weight is 438 g/mol. The monoisotopic (exact) mass is 437 g/mol. The first kappa shape index (κ1) is 21.0. The smallest absolute Gasteiger partial charge is 0.269 e. The molecule has 9 heteroatoms. The van der Waals surface area contributed by atoms with Crippen LogP contribution in [-0.2, 0) is 4.79 Å². The molecule has 3 aromatic rings. The van der Waals surface area contributed by atoms with Gasteiger partial charge in [-0.1, -0.05) is 30.0 Å². The SMILES string of the molecule is O=C(CCCSc1nnc(-c2ccc([N+](=O)[O-])cc2)n1-c1ccccc1)N1CCCC1. The first-order valence-corrected chi connectivity index (χ1v) is 11.3. The molecule has 1 aliphatic heterocycles. The van der Waals surface area contributed by atoms with Gasteiger partial charge >= 0.3 is 0 Å². The Morgan fingerprint density at radius 2 is 1.74 bits per heavy atom. The number of aromatic nitrogens is 3. The van der Waals surface area contributed by atoms with Gasteiger partial charge in [-0.2, -0.15) is 0 Å². The van der Waals surface area contributed by atoms with E-state index in [0.29, 0.717) is 12.2 Å². The van der Waals surface area contributed by atoms with Crippen LogP contribution in [0.25, 0.3) is 17.1 Å². The number of likely N-dealkylation sites (tertiary alicyclic amines) is 1. The predicted molar refractivity (Wildman–Crippen MR) is 119 cm³/mol. The van der Waals surface area contributed by atoms with Crippen LogP contribution in [0.2, 0.25) is 0 Å². The van der Waals surface area contributed by atoms with Gasteiger partial charge in [-0.3, -0.25) is 19.5 Å². The highest BCUT2D eigenvalue weighted by Crippen LogP contribution is 2.29. The summed E-state index contributed by atoms with van der Waals surface area (Å²) in [6.45, 7) is 1.76. The van der Waals surface area contributed by atoms with Crippen molar-refractivity contribution in [2.24, 2.45) is 0 Å². The van der Waals surface area contributed by atoms with E-state index in [1.165, 1.54) is 12.1 Å². The van der Waals surface area contributed by atoms with Crippen molar-refractivity contribution in [2.75, 3.05) is 18.8 Å². The number of hydrogen-bond donors (Lipinski definition) is 0. The number of carbonyl (C=O) groups is 1. The largest absolute Gasteiger partial charge is 0.343 e. The standard InChI is InChI=1S/C22H23N5O3S/c28-20(25-14-4-5-15-25)9-6-16-31-22-24-23-21(26(22)18-7-2-1-3-8-18)17-10-12-19(13-11-17)27(29)30/h1-3,7-8,10-13H,4-6,9,14-16H2. The molecular formula is C22H23N5O3S. The molecule has 0 atom stereocenters. The number of rotatable bonds is 8. The number of hydrogen-bond acceptors (Lipinski definition) is 6. The van der Waals surface area contributed by atoms with E-state index >= 15 is 0 Å². The van der Waals surface area contributed by atoms with Crippen LogP contribution < -0.4 is 0 Å². The second kappa shape index (κ2) is 9.74. The maximum absolute atomic E-state index is 12.2. The molecule has 1 aliphatic rings. The van der Waals surface area contributed by atoms with E-state index in [1.54, 1.807) is 23.9 Å². The summed E-state index contributed by atoms with van der Waals surface area (Å²) in [7, 11) is 0. The topological polar surface area (TPSA) is 94.2 Å². The molecule has 0 saturated carbocycles. The third-order valence-corrected chi connectivity index (χ3v) is 6.22. The Hall–Kier alpha value is -3.20. The molecule has 8 nitrogen and oxygen atoms in total. The number of thioether (sulfide) groups is 1. The van der Waals surface area contributed by atoms with Crippen molar-refractivity contribution in [3.05, 3.63) is 64.7 Å². The summed E-state index contributed by atoms with van der Waals surface area (Å²) in [6.07, 6.45) is 3.52. The molecule has 1 saturated heterocycles. The molecule has 4 rings (SSSR count). The van der Waals surface area contributed by atoms with Gasteiger partial charge in [0, 0.05) is 48.6 Å². The lowest BCUT2D eigenvalue weighted by molar-refractivity contribution is -0.384. The summed E-state index contributed by atoms with van der Waals surface area (Å²) in [5.41, 5.74) is 1.70. The van der Waals surface area contributed by atoms with E-state index in [2.05, 4.69) is 10.2 Å². The van der Waals surface area contributed by atoms with Crippen molar-refractivity contribution < 1.29 is 9.72 Å². The number of nitrogens with zero attached hydrogens (tertiary/aromatic N) is 5. The Balaban J connectivity index is 1.51. The quantitative estimate of drug-likeness (QED) is 0.225. The zero-order chi connectivity index (χ0) is 21.6. The highest BCUT2D eigenvalue weighted by atomic mass is 32.2. The maximum atomic E-state index is 12.2. The molecule has 1 amide bonds. The molecule has 0 N–H and O–H groups in total. The second-order valence-corrected chi connectivity index (χ2v) is 8.38. The fraction of sp³-hybridized carbons (Fsp3) is 0.318. The van der Waals surface area contributed by atoms with Crippen molar-refractivity contribution in [3.63, 3.8) is 0 Å². The number of carbonyl (C=O) groups excluding carboxylic acids is 1. The molecule has 0 aliphatic carbocycles. The lowest BCUT2D eigenvalue weighted by atomic mass is 10.2. The van der Waals surface area contributed by atoms with Gasteiger partial charge in [0.05, 0.1) is 4.92 Å². The van der Waals surface area contributed by atoms with E-state index in [-0.39, 0.29) is 11.6 Å². The minimum absolute atomic E-state index is 0.0341. The summed E-state index contributed by atoms with van der Waals surface area (Å²) in [5.74, 6) is 1.61. The molecular weight excluding hydrogens is 414 g/mol. The molecule has 0 spiro atoms. The Bertz CT molecular complexity index is 1050. The molecule has 160 valence electrons. The molecule has 0 bridgehead atoms. The minimum Gasteiger partial charge on any atom is -0.343 e. The normalized spacial score (nSPS) is 13.5. The van der Waals surface area contributed by atoms with Crippen molar-refractivity contribution in [2.45, 2.75) is 30.8 Å². The molecule has 2 aromatic carbocycles. The van der Waals surface area contributed by atoms with Crippen LogP contribution in [0.5, 0.6) is 0 Å². The van der Waals surface area contributed by atoms with Gasteiger partial charge in [-0.15, -0.1) is 10.2 Å². The highest BCUT2D eigenvalue weighted by molar-refractivity contribution is 7.99. The van der Waals surface area contributed by atoms with E-state index < -0.39 is 4.92 Å². The summed E-state index contributed by atoms with van der Waals surface area (Å²) >= 11 is 1.56. The zero-order valence-corrected chi connectivity index (χ0v) is 17.8. The van der Waals surface area contributed by atoms with Crippen LogP contribution in [0, 0.1) is 10.1 Å². The molecule has 31 heavy (non-hydrogen) atoms. The van der Waals surface area contributed by atoms with E-state index in [1.807, 2.05) is 39.8 Å². The Kier molecular flexibility index (Phi) is 6.61. The van der Waals surface area contributed by atoms with Gasteiger partial charge in [0.1, 0.15) is 0 Å². The maximum Gasteiger partial charge on any atom is 0.269 e. The first-order chi connectivity index (χ1) is 15.1. The van der Waals surface area contributed by atoms with Crippen LogP contribution in [0.15, 0.2) is 59.8 Å². The number of benzene rings is 2.